The SMILES string of the molecule is COc1ccc([C@H](CNC(=O)COc2ccc([N+](=O)[O-])cc2)N2CCCC2)cc1. The lowest BCUT2D eigenvalue weighted by Crippen LogP contribution is -2.38. The lowest BCUT2D eigenvalue weighted by atomic mass is 10.1. The number of non-ortho nitro benzene ring substituents is 1. The van der Waals surface area contributed by atoms with E-state index in [1.807, 2.05) is 24.3 Å². The molecule has 29 heavy (non-hydrogen) atoms. The molecule has 1 aliphatic rings. The molecular formula is C21H25N3O5. The molecular weight excluding hydrogens is 374 g/mol. The summed E-state index contributed by atoms with van der Waals surface area (Å²) in [7, 11) is 1.64. The highest BCUT2D eigenvalue weighted by atomic mass is 16.6. The second-order valence-electron chi connectivity index (χ2n) is 6.88. The summed E-state index contributed by atoms with van der Waals surface area (Å²) in [5, 5.41) is 13.6. The third-order valence-electron chi connectivity index (χ3n) is 4.99. The van der Waals surface area contributed by atoms with E-state index in [4.69, 9.17) is 9.47 Å². The van der Waals surface area contributed by atoms with Gasteiger partial charge in [-0.05, 0) is 55.8 Å². The molecule has 154 valence electrons. The van der Waals surface area contributed by atoms with Crippen LogP contribution in [0.5, 0.6) is 11.5 Å². The van der Waals surface area contributed by atoms with Gasteiger partial charge >= 0.3 is 0 Å². The smallest absolute Gasteiger partial charge is 0.269 e. The Labute approximate surface area is 169 Å². The average molecular weight is 399 g/mol. The molecule has 1 amide bonds. The zero-order valence-electron chi connectivity index (χ0n) is 16.4. The first kappa shape index (κ1) is 20.6. The minimum atomic E-state index is -0.478. The predicted octanol–water partition coefficient (Wildman–Crippen LogP) is 2.94. The Morgan fingerprint density at radius 1 is 1.10 bits per heavy atom. The highest BCUT2D eigenvalue weighted by Crippen LogP contribution is 2.26. The quantitative estimate of drug-likeness (QED) is 0.515. The summed E-state index contributed by atoms with van der Waals surface area (Å²) in [6.45, 7) is 2.35. The maximum atomic E-state index is 12.3. The van der Waals surface area contributed by atoms with E-state index in [1.165, 1.54) is 24.3 Å². The fourth-order valence-electron chi connectivity index (χ4n) is 3.41. The molecule has 0 saturated carbocycles. The van der Waals surface area contributed by atoms with Crippen LogP contribution in [-0.4, -0.2) is 49.1 Å². The number of amides is 1. The van der Waals surface area contributed by atoms with E-state index >= 15 is 0 Å². The molecule has 1 saturated heterocycles. The Balaban J connectivity index is 1.55. The number of carbonyl (C=O) groups is 1. The number of methoxy groups -OCH3 is 1. The van der Waals surface area contributed by atoms with Gasteiger partial charge in [-0.3, -0.25) is 19.8 Å². The van der Waals surface area contributed by atoms with Gasteiger partial charge in [0.25, 0.3) is 11.6 Å². The van der Waals surface area contributed by atoms with Crippen molar-refractivity contribution >= 4 is 11.6 Å². The van der Waals surface area contributed by atoms with E-state index in [-0.39, 0.29) is 24.2 Å². The number of rotatable bonds is 9. The van der Waals surface area contributed by atoms with E-state index in [2.05, 4.69) is 10.2 Å². The van der Waals surface area contributed by atoms with Gasteiger partial charge in [0.1, 0.15) is 11.5 Å². The molecule has 0 aromatic heterocycles. The molecule has 2 aromatic carbocycles. The zero-order valence-corrected chi connectivity index (χ0v) is 16.4. The third kappa shape index (κ3) is 5.68. The fraction of sp³-hybridized carbons (Fsp3) is 0.381. The van der Waals surface area contributed by atoms with Crippen molar-refractivity contribution in [2.24, 2.45) is 0 Å². The minimum absolute atomic E-state index is 0.0188. The number of nitrogens with one attached hydrogen (secondary N) is 1. The standard InChI is InChI=1S/C21H25N3O5/c1-28-18-8-4-16(5-9-18)20(23-12-2-3-13-23)14-22-21(25)15-29-19-10-6-17(7-11-19)24(26)27/h4-11,20H,2-3,12-15H2,1H3,(H,22,25)/t20-/m0/s1. The van der Waals surface area contributed by atoms with E-state index < -0.39 is 4.92 Å². The largest absolute Gasteiger partial charge is 0.497 e. The van der Waals surface area contributed by atoms with Crippen molar-refractivity contribution < 1.29 is 19.2 Å². The maximum absolute atomic E-state index is 12.3. The Hall–Kier alpha value is -3.13. The van der Waals surface area contributed by atoms with Crippen molar-refractivity contribution in [3.63, 3.8) is 0 Å². The number of hydrogen-bond acceptors (Lipinski definition) is 6. The van der Waals surface area contributed by atoms with Gasteiger partial charge in [-0.15, -0.1) is 0 Å². The highest BCUT2D eigenvalue weighted by molar-refractivity contribution is 5.77. The van der Waals surface area contributed by atoms with Gasteiger partial charge in [0.2, 0.25) is 0 Å². The van der Waals surface area contributed by atoms with Gasteiger partial charge in [0.15, 0.2) is 6.61 Å². The van der Waals surface area contributed by atoms with Gasteiger partial charge in [0.05, 0.1) is 18.1 Å². The second-order valence-corrected chi connectivity index (χ2v) is 6.88. The summed E-state index contributed by atoms with van der Waals surface area (Å²) in [6.07, 6.45) is 2.31. The number of carbonyl (C=O) groups excluding carboxylic acids is 1. The van der Waals surface area contributed by atoms with Crippen molar-refractivity contribution in [3.05, 3.63) is 64.2 Å². The molecule has 1 heterocycles. The topological polar surface area (TPSA) is 93.9 Å². The van der Waals surface area contributed by atoms with Crippen LogP contribution >= 0.6 is 0 Å². The first-order chi connectivity index (χ1) is 14.1. The van der Waals surface area contributed by atoms with Crippen LogP contribution < -0.4 is 14.8 Å². The molecule has 8 nitrogen and oxygen atoms in total. The van der Waals surface area contributed by atoms with Crippen molar-refractivity contribution in [1.82, 2.24) is 10.2 Å². The van der Waals surface area contributed by atoms with E-state index in [1.54, 1.807) is 7.11 Å². The number of nitro benzene ring substituents is 1. The van der Waals surface area contributed by atoms with Crippen LogP contribution in [0.1, 0.15) is 24.4 Å². The number of nitrogens with zero attached hydrogens (tertiary/aromatic N) is 2. The number of likely N-dealkylation sites (tertiary alicyclic amines) is 1. The molecule has 1 fully saturated rings. The summed E-state index contributed by atoms with van der Waals surface area (Å²) < 4.78 is 10.7. The third-order valence-corrected chi connectivity index (χ3v) is 4.99. The van der Waals surface area contributed by atoms with Crippen LogP contribution in [0.25, 0.3) is 0 Å². The summed E-state index contributed by atoms with van der Waals surface area (Å²) in [6, 6.07) is 13.7. The molecule has 1 N–H and O–H groups in total. The molecule has 8 heteroatoms. The first-order valence-corrected chi connectivity index (χ1v) is 9.59. The van der Waals surface area contributed by atoms with Crippen molar-refractivity contribution in [2.45, 2.75) is 18.9 Å². The molecule has 1 atom stereocenters. The Bertz CT molecular complexity index is 817. The van der Waals surface area contributed by atoms with E-state index in [0.717, 1.165) is 37.2 Å². The van der Waals surface area contributed by atoms with Crippen LogP contribution in [0, 0.1) is 10.1 Å². The molecule has 0 radical (unpaired) electrons. The number of nitro groups is 1. The average Bonchev–Trinajstić information content (AvgIpc) is 3.27. The van der Waals surface area contributed by atoms with Crippen LogP contribution in [-0.2, 0) is 4.79 Å². The van der Waals surface area contributed by atoms with Crippen molar-refractivity contribution in [1.29, 1.82) is 0 Å². The monoisotopic (exact) mass is 399 g/mol. The molecule has 2 aromatic rings. The molecule has 0 aliphatic carbocycles. The van der Waals surface area contributed by atoms with Gasteiger partial charge in [-0.1, -0.05) is 12.1 Å². The number of ether oxygens (including phenoxy) is 2. The summed E-state index contributed by atoms with van der Waals surface area (Å²) in [5.74, 6) is 0.979. The Morgan fingerprint density at radius 2 is 1.72 bits per heavy atom. The number of benzene rings is 2. The van der Waals surface area contributed by atoms with Gasteiger partial charge in [-0.25, -0.2) is 0 Å². The lowest BCUT2D eigenvalue weighted by molar-refractivity contribution is -0.384. The van der Waals surface area contributed by atoms with Crippen LogP contribution in [0.4, 0.5) is 5.69 Å². The molecule has 0 bridgehead atoms. The van der Waals surface area contributed by atoms with Gasteiger partial charge in [0, 0.05) is 18.7 Å². The van der Waals surface area contributed by atoms with Crippen LogP contribution in [0.15, 0.2) is 48.5 Å². The van der Waals surface area contributed by atoms with E-state index in [9.17, 15) is 14.9 Å². The Morgan fingerprint density at radius 3 is 2.31 bits per heavy atom. The van der Waals surface area contributed by atoms with Crippen LogP contribution in [0.2, 0.25) is 0 Å². The molecule has 0 spiro atoms. The van der Waals surface area contributed by atoms with Gasteiger partial charge < -0.3 is 14.8 Å². The predicted molar refractivity (Wildman–Crippen MR) is 108 cm³/mol. The van der Waals surface area contributed by atoms with Crippen LogP contribution in [0.3, 0.4) is 0 Å². The Kier molecular flexibility index (Phi) is 7.02. The maximum Gasteiger partial charge on any atom is 0.269 e. The summed E-state index contributed by atoms with van der Waals surface area (Å²) in [4.78, 5) is 24.8. The summed E-state index contributed by atoms with van der Waals surface area (Å²) in [5.41, 5.74) is 1.11. The molecule has 0 unspecified atom stereocenters. The second kappa shape index (κ2) is 9.88. The highest BCUT2D eigenvalue weighted by Gasteiger charge is 2.24. The van der Waals surface area contributed by atoms with Crippen molar-refractivity contribution in [3.8, 4) is 11.5 Å². The molecule has 3 rings (SSSR count). The first-order valence-electron chi connectivity index (χ1n) is 9.59. The lowest BCUT2D eigenvalue weighted by Gasteiger charge is -2.28. The van der Waals surface area contributed by atoms with Gasteiger partial charge in [-0.2, -0.15) is 0 Å². The van der Waals surface area contributed by atoms with E-state index in [0.29, 0.717) is 12.3 Å². The number of hydrogen-bond donors (Lipinski definition) is 1. The minimum Gasteiger partial charge on any atom is -0.497 e. The van der Waals surface area contributed by atoms with Crippen molar-refractivity contribution in [2.75, 3.05) is 33.4 Å². The molecule has 1 aliphatic heterocycles. The normalized spacial score (nSPS) is 14.9. The summed E-state index contributed by atoms with van der Waals surface area (Å²) >= 11 is 0. The fourth-order valence-corrected chi connectivity index (χ4v) is 3.41. The zero-order chi connectivity index (χ0) is 20.6.